The molecule has 0 heterocycles. The standard InChI is InChI=1S/C12H12I3NO6/c1-5(18)16(2-3-17)12(15)4-6(10(19)20)8(13)7(9(12)14)11(21)22/h4,9,17H,2-3H2,1H3,(H,19,20)(H,21,22). The van der Waals surface area contributed by atoms with E-state index in [1.54, 1.807) is 22.6 Å². The summed E-state index contributed by atoms with van der Waals surface area (Å²) in [5, 5.41) is 27.9. The molecule has 0 fully saturated rings. The Morgan fingerprint density at radius 3 is 2.23 bits per heavy atom. The lowest BCUT2D eigenvalue weighted by molar-refractivity contribution is -0.135. The molecule has 122 valence electrons. The van der Waals surface area contributed by atoms with Crippen LogP contribution in [-0.4, -0.2) is 58.7 Å². The van der Waals surface area contributed by atoms with Gasteiger partial charge in [-0.1, -0.05) is 22.6 Å². The molecule has 0 aromatic rings. The molecule has 0 saturated carbocycles. The fourth-order valence-corrected chi connectivity index (χ4v) is 5.86. The molecule has 0 aromatic carbocycles. The third-order valence-corrected chi connectivity index (χ3v) is 8.45. The van der Waals surface area contributed by atoms with Crippen LogP contribution >= 0.6 is 67.8 Å². The monoisotopic (exact) mass is 647 g/mol. The van der Waals surface area contributed by atoms with Crippen molar-refractivity contribution in [2.24, 2.45) is 0 Å². The van der Waals surface area contributed by atoms with Crippen molar-refractivity contribution < 1.29 is 29.7 Å². The van der Waals surface area contributed by atoms with Crippen molar-refractivity contribution in [2.75, 3.05) is 13.2 Å². The van der Waals surface area contributed by atoms with Crippen LogP contribution in [0.4, 0.5) is 0 Å². The molecule has 3 N–H and O–H groups in total. The zero-order valence-electron chi connectivity index (χ0n) is 11.2. The number of hydrogen-bond donors (Lipinski definition) is 3. The minimum absolute atomic E-state index is 0.0232. The molecule has 0 bridgehead atoms. The first kappa shape index (κ1) is 20.1. The van der Waals surface area contributed by atoms with E-state index < -0.39 is 19.4 Å². The van der Waals surface area contributed by atoms with Gasteiger partial charge in [0.05, 0.1) is 21.7 Å². The minimum atomic E-state index is -1.26. The Morgan fingerprint density at radius 1 is 1.32 bits per heavy atom. The number of aliphatic hydroxyl groups excluding tert-OH is 1. The number of carboxylic acids is 2. The second kappa shape index (κ2) is 7.74. The highest BCUT2D eigenvalue weighted by Gasteiger charge is 2.48. The van der Waals surface area contributed by atoms with Crippen LogP contribution in [0.3, 0.4) is 0 Å². The van der Waals surface area contributed by atoms with E-state index in [9.17, 15) is 24.6 Å². The molecule has 10 heteroatoms. The van der Waals surface area contributed by atoms with Crippen LogP contribution in [0.5, 0.6) is 0 Å². The van der Waals surface area contributed by atoms with E-state index in [-0.39, 0.29) is 33.8 Å². The van der Waals surface area contributed by atoms with Crippen molar-refractivity contribution in [2.45, 2.75) is 14.4 Å². The second-order valence-corrected chi connectivity index (χ2v) is 8.43. The SMILES string of the molecule is CC(=O)N(CCO)C1(I)C=C(C(=O)O)C(I)=C(C(=O)O)C1I. The molecule has 2 unspecified atom stereocenters. The maximum atomic E-state index is 11.9. The highest BCUT2D eigenvalue weighted by molar-refractivity contribution is 14.1. The van der Waals surface area contributed by atoms with E-state index in [0.29, 0.717) is 0 Å². The number of halogens is 3. The van der Waals surface area contributed by atoms with E-state index in [1.165, 1.54) is 17.9 Å². The average Bonchev–Trinajstić information content (AvgIpc) is 2.39. The van der Waals surface area contributed by atoms with E-state index in [2.05, 4.69) is 0 Å². The normalized spacial score (nSPS) is 24.8. The lowest BCUT2D eigenvalue weighted by Gasteiger charge is -2.43. The Balaban J connectivity index is 3.58. The van der Waals surface area contributed by atoms with Crippen LogP contribution < -0.4 is 0 Å². The van der Waals surface area contributed by atoms with E-state index in [4.69, 9.17) is 5.11 Å². The largest absolute Gasteiger partial charge is 0.478 e. The summed E-state index contributed by atoms with van der Waals surface area (Å²) in [6.45, 7) is 0.954. The molecule has 0 saturated heterocycles. The Morgan fingerprint density at radius 2 is 1.86 bits per heavy atom. The van der Waals surface area contributed by atoms with E-state index >= 15 is 0 Å². The van der Waals surface area contributed by atoms with Gasteiger partial charge in [0.1, 0.15) is 3.55 Å². The molecular weight excluding hydrogens is 635 g/mol. The maximum Gasteiger partial charge on any atom is 0.336 e. The summed E-state index contributed by atoms with van der Waals surface area (Å²) in [7, 11) is 0. The van der Waals surface area contributed by atoms with Gasteiger partial charge in [0.25, 0.3) is 0 Å². The summed E-state index contributed by atoms with van der Waals surface area (Å²) in [6, 6.07) is 0. The molecule has 1 amide bonds. The Labute approximate surface area is 167 Å². The van der Waals surface area contributed by atoms with Crippen LogP contribution in [0.25, 0.3) is 0 Å². The third kappa shape index (κ3) is 3.75. The van der Waals surface area contributed by atoms with E-state index in [0.717, 1.165) is 0 Å². The summed E-state index contributed by atoms with van der Waals surface area (Å²) in [6.07, 6.45) is 1.37. The molecule has 0 aromatic heterocycles. The number of aliphatic carboxylic acids is 2. The lowest BCUT2D eigenvalue weighted by Crippen LogP contribution is -2.54. The van der Waals surface area contributed by atoms with Crippen LogP contribution in [0.1, 0.15) is 6.92 Å². The molecule has 7 nitrogen and oxygen atoms in total. The summed E-state index contributed by atoms with van der Waals surface area (Å²) >= 11 is 5.45. The van der Waals surface area contributed by atoms with E-state index in [1.807, 2.05) is 45.2 Å². The summed E-state index contributed by atoms with van der Waals surface area (Å²) in [5.41, 5.74) is -0.232. The molecule has 22 heavy (non-hydrogen) atoms. The molecule has 0 aliphatic heterocycles. The van der Waals surface area contributed by atoms with Gasteiger partial charge in [0.2, 0.25) is 5.91 Å². The topological polar surface area (TPSA) is 115 Å². The Hall–Kier alpha value is 0.0400. The molecule has 1 aliphatic carbocycles. The molecule has 0 radical (unpaired) electrons. The fourth-order valence-electron chi connectivity index (χ4n) is 2.04. The number of carbonyl (C=O) groups is 3. The van der Waals surface area contributed by atoms with Gasteiger partial charge in [-0.05, 0) is 51.3 Å². The first-order chi connectivity index (χ1) is 10.1. The lowest BCUT2D eigenvalue weighted by atomic mass is 9.94. The first-order valence-corrected chi connectivity index (χ1v) is 9.29. The van der Waals surface area contributed by atoms with Crippen molar-refractivity contribution in [3.05, 3.63) is 20.8 Å². The van der Waals surface area contributed by atoms with Crippen LogP contribution in [0.15, 0.2) is 20.8 Å². The van der Waals surface area contributed by atoms with Gasteiger partial charge in [0.15, 0.2) is 0 Å². The fraction of sp³-hybridized carbons (Fsp3) is 0.417. The first-order valence-electron chi connectivity index (χ1n) is 5.89. The summed E-state index contributed by atoms with van der Waals surface area (Å²) < 4.78 is -1.73. The van der Waals surface area contributed by atoms with Crippen LogP contribution in [-0.2, 0) is 14.4 Å². The summed E-state index contributed by atoms with van der Waals surface area (Å²) in [5.74, 6) is -2.88. The number of carbonyl (C=O) groups excluding carboxylic acids is 1. The van der Waals surface area contributed by atoms with Crippen LogP contribution in [0.2, 0.25) is 0 Å². The van der Waals surface area contributed by atoms with Crippen molar-refractivity contribution >= 4 is 85.6 Å². The van der Waals surface area contributed by atoms with Gasteiger partial charge < -0.3 is 20.2 Å². The molecule has 2 atom stereocenters. The van der Waals surface area contributed by atoms with Gasteiger partial charge >= 0.3 is 11.9 Å². The highest BCUT2D eigenvalue weighted by Crippen LogP contribution is 2.46. The average molecular weight is 647 g/mol. The highest BCUT2D eigenvalue weighted by atomic mass is 127. The minimum Gasteiger partial charge on any atom is -0.478 e. The molecule has 0 spiro atoms. The van der Waals surface area contributed by atoms with Crippen molar-refractivity contribution in [3.8, 4) is 0 Å². The molecule has 1 rings (SSSR count). The van der Waals surface area contributed by atoms with Crippen molar-refractivity contribution in [1.29, 1.82) is 0 Å². The number of amides is 1. The third-order valence-electron chi connectivity index (χ3n) is 3.01. The van der Waals surface area contributed by atoms with Gasteiger partial charge in [-0.3, -0.25) is 4.79 Å². The number of rotatable bonds is 5. The number of aliphatic hydroxyl groups is 1. The van der Waals surface area contributed by atoms with Gasteiger partial charge in [-0.25, -0.2) is 9.59 Å². The quantitative estimate of drug-likeness (QED) is 0.237. The number of carboxylic acid groups (broad SMARTS) is 2. The predicted octanol–water partition coefficient (Wildman–Crippen LogP) is 1.56. The zero-order chi connectivity index (χ0) is 17.2. The number of nitrogens with zero attached hydrogens (tertiary/aromatic N) is 1. The predicted molar refractivity (Wildman–Crippen MR) is 103 cm³/mol. The second-order valence-electron chi connectivity index (χ2n) is 4.38. The Bertz CT molecular complexity index is 587. The van der Waals surface area contributed by atoms with Gasteiger partial charge in [0, 0.05) is 17.0 Å². The molecule has 1 aliphatic rings. The summed E-state index contributed by atoms with van der Waals surface area (Å²) in [4.78, 5) is 36.1. The zero-order valence-corrected chi connectivity index (χ0v) is 17.7. The number of hydrogen-bond acceptors (Lipinski definition) is 4. The Kier molecular flexibility index (Phi) is 7.07. The van der Waals surface area contributed by atoms with Crippen LogP contribution in [0, 0.1) is 0 Å². The maximum absolute atomic E-state index is 11.9. The van der Waals surface area contributed by atoms with Gasteiger partial charge in [-0.15, -0.1) is 0 Å². The smallest absolute Gasteiger partial charge is 0.336 e. The van der Waals surface area contributed by atoms with Crippen molar-refractivity contribution in [1.82, 2.24) is 4.90 Å². The van der Waals surface area contributed by atoms with Crippen molar-refractivity contribution in [3.63, 3.8) is 0 Å². The molecular formula is C12H12I3NO6. The van der Waals surface area contributed by atoms with Gasteiger partial charge in [-0.2, -0.15) is 0 Å². The number of alkyl halides is 2.